The summed E-state index contributed by atoms with van der Waals surface area (Å²) in [6, 6.07) is 0.511. The van der Waals surface area contributed by atoms with Gasteiger partial charge in [-0.3, -0.25) is 0 Å². The van der Waals surface area contributed by atoms with Gasteiger partial charge in [0.05, 0.1) is 0 Å². The zero-order valence-corrected chi connectivity index (χ0v) is 8.99. The maximum absolute atomic E-state index is 8.73. The van der Waals surface area contributed by atoms with E-state index in [0.29, 0.717) is 12.6 Å². The molecule has 0 fully saturated rings. The van der Waals surface area contributed by atoms with Crippen LogP contribution in [0.1, 0.15) is 26.2 Å². The van der Waals surface area contributed by atoms with Crippen molar-refractivity contribution < 1.29 is 5.11 Å². The SMILES string of the molecule is CCC(CCO)NCCCSC. The Balaban J connectivity index is 3.19. The summed E-state index contributed by atoms with van der Waals surface area (Å²) in [4.78, 5) is 0. The zero-order chi connectivity index (χ0) is 9.23. The molecule has 0 rings (SSSR count). The molecule has 3 heteroatoms. The Morgan fingerprint density at radius 1 is 1.50 bits per heavy atom. The highest BCUT2D eigenvalue weighted by Crippen LogP contribution is 1.98. The van der Waals surface area contributed by atoms with Crippen LogP contribution in [0, 0.1) is 0 Å². The monoisotopic (exact) mass is 191 g/mol. The van der Waals surface area contributed by atoms with Crippen LogP contribution in [-0.4, -0.2) is 36.3 Å². The van der Waals surface area contributed by atoms with Crippen molar-refractivity contribution in [3.8, 4) is 0 Å². The fourth-order valence-electron chi connectivity index (χ4n) is 1.13. The largest absolute Gasteiger partial charge is 0.396 e. The Kier molecular flexibility index (Phi) is 9.57. The van der Waals surface area contributed by atoms with Crippen molar-refractivity contribution in [1.82, 2.24) is 5.32 Å². The molecule has 0 aromatic heterocycles. The van der Waals surface area contributed by atoms with Crippen LogP contribution in [0.5, 0.6) is 0 Å². The zero-order valence-electron chi connectivity index (χ0n) is 8.18. The van der Waals surface area contributed by atoms with Gasteiger partial charge in [0.1, 0.15) is 0 Å². The number of rotatable bonds is 8. The third-order valence-corrected chi connectivity index (χ3v) is 2.63. The molecular weight excluding hydrogens is 170 g/mol. The first kappa shape index (κ1) is 12.3. The molecule has 0 aromatic rings. The van der Waals surface area contributed by atoms with Crippen molar-refractivity contribution in [3.63, 3.8) is 0 Å². The van der Waals surface area contributed by atoms with E-state index in [1.165, 1.54) is 12.2 Å². The summed E-state index contributed by atoms with van der Waals surface area (Å²) in [5, 5.41) is 12.2. The van der Waals surface area contributed by atoms with Gasteiger partial charge in [-0.15, -0.1) is 0 Å². The molecule has 0 aromatic carbocycles. The fourth-order valence-corrected chi connectivity index (χ4v) is 1.56. The van der Waals surface area contributed by atoms with Gasteiger partial charge >= 0.3 is 0 Å². The van der Waals surface area contributed by atoms with Crippen LogP contribution in [-0.2, 0) is 0 Å². The Hall–Kier alpha value is 0.270. The fraction of sp³-hybridized carbons (Fsp3) is 1.00. The first-order valence-electron chi connectivity index (χ1n) is 4.68. The molecule has 2 nitrogen and oxygen atoms in total. The van der Waals surface area contributed by atoms with E-state index in [9.17, 15) is 0 Å². The third-order valence-electron chi connectivity index (χ3n) is 1.93. The second kappa shape index (κ2) is 9.36. The Morgan fingerprint density at radius 3 is 2.75 bits per heavy atom. The number of hydrogen-bond donors (Lipinski definition) is 2. The summed E-state index contributed by atoms with van der Waals surface area (Å²) in [5.74, 6) is 1.22. The van der Waals surface area contributed by atoms with Crippen molar-refractivity contribution in [1.29, 1.82) is 0 Å². The first-order valence-corrected chi connectivity index (χ1v) is 6.07. The number of aliphatic hydroxyl groups excluding tert-OH is 1. The van der Waals surface area contributed by atoms with Crippen LogP contribution in [0.2, 0.25) is 0 Å². The van der Waals surface area contributed by atoms with Gasteiger partial charge in [0, 0.05) is 12.6 Å². The lowest BCUT2D eigenvalue weighted by atomic mass is 10.1. The average Bonchev–Trinajstić information content (AvgIpc) is 2.10. The minimum atomic E-state index is 0.300. The standard InChI is InChI=1S/C9H21NOS/c1-3-9(5-7-11)10-6-4-8-12-2/h9-11H,3-8H2,1-2H3. The Morgan fingerprint density at radius 2 is 2.25 bits per heavy atom. The summed E-state index contributed by atoms with van der Waals surface area (Å²) in [7, 11) is 0. The summed E-state index contributed by atoms with van der Waals surface area (Å²) >= 11 is 1.88. The van der Waals surface area contributed by atoms with Gasteiger partial charge in [-0.05, 0) is 37.8 Å². The van der Waals surface area contributed by atoms with Crippen LogP contribution in [0.4, 0.5) is 0 Å². The molecule has 2 N–H and O–H groups in total. The molecule has 0 radical (unpaired) electrons. The molecule has 0 bridgehead atoms. The quantitative estimate of drug-likeness (QED) is 0.570. The van der Waals surface area contributed by atoms with Crippen molar-refractivity contribution >= 4 is 11.8 Å². The van der Waals surface area contributed by atoms with Gasteiger partial charge in [-0.1, -0.05) is 6.92 Å². The van der Waals surface area contributed by atoms with Crippen LogP contribution in [0.15, 0.2) is 0 Å². The maximum atomic E-state index is 8.73. The summed E-state index contributed by atoms with van der Waals surface area (Å²) in [6.45, 7) is 3.54. The molecule has 0 saturated carbocycles. The van der Waals surface area contributed by atoms with Crippen LogP contribution in [0.25, 0.3) is 0 Å². The smallest absolute Gasteiger partial charge is 0.0445 e. The van der Waals surface area contributed by atoms with Crippen LogP contribution in [0.3, 0.4) is 0 Å². The van der Waals surface area contributed by atoms with E-state index in [-0.39, 0.29) is 0 Å². The summed E-state index contributed by atoms with van der Waals surface area (Å²) in [6.07, 6.45) is 5.35. The van der Waals surface area contributed by atoms with E-state index >= 15 is 0 Å². The summed E-state index contributed by atoms with van der Waals surface area (Å²) < 4.78 is 0. The van der Waals surface area contributed by atoms with Crippen molar-refractivity contribution in [2.45, 2.75) is 32.2 Å². The minimum Gasteiger partial charge on any atom is -0.396 e. The van der Waals surface area contributed by atoms with E-state index < -0.39 is 0 Å². The van der Waals surface area contributed by atoms with Crippen LogP contribution >= 0.6 is 11.8 Å². The number of aliphatic hydroxyl groups is 1. The molecule has 0 aliphatic carbocycles. The van der Waals surface area contributed by atoms with E-state index in [1.807, 2.05) is 11.8 Å². The molecule has 0 spiro atoms. The molecule has 1 unspecified atom stereocenters. The van der Waals surface area contributed by atoms with Gasteiger partial charge < -0.3 is 10.4 Å². The van der Waals surface area contributed by atoms with Gasteiger partial charge in [-0.25, -0.2) is 0 Å². The predicted molar refractivity (Wildman–Crippen MR) is 56.8 cm³/mol. The molecule has 0 amide bonds. The minimum absolute atomic E-state index is 0.300. The van der Waals surface area contributed by atoms with Gasteiger partial charge in [0.25, 0.3) is 0 Å². The maximum Gasteiger partial charge on any atom is 0.0445 e. The molecular formula is C9H21NOS. The van der Waals surface area contributed by atoms with E-state index in [1.54, 1.807) is 0 Å². The second-order valence-corrected chi connectivity index (χ2v) is 3.90. The van der Waals surface area contributed by atoms with Crippen molar-refractivity contribution in [3.05, 3.63) is 0 Å². The number of thioether (sulfide) groups is 1. The van der Waals surface area contributed by atoms with E-state index in [0.717, 1.165) is 19.4 Å². The highest BCUT2D eigenvalue weighted by atomic mass is 32.2. The van der Waals surface area contributed by atoms with Crippen molar-refractivity contribution in [2.75, 3.05) is 25.2 Å². The molecule has 12 heavy (non-hydrogen) atoms. The van der Waals surface area contributed by atoms with Gasteiger partial charge in [0.15, 0.2) is 0 Å². The average molecular weight is 191 g/mol. The molecule has 0 saturated heterocycles. The molecule has 1 atom stereocenters. The number of hydrogen-bond acceptors (Lipinski definition) is 3. The predicted octanol–water partition coefficient (Wildman–Crippen LogP) is 1.49. The highest BCUT2D eigenvalue weighted by molar-refractivity contribution is 7.98. The van der Waals surface area contributed by atoms with Gasteiger partial charge in [0.2, 0.25) is 0 Å². The molecule has 0 aliphatic heterocycles. The topological polar surface area (TPSA) is 32.3 Å². The van der Waals surface area contributed by atoms with Gasteiger partial charge in [-0.2, -0.15) is 11.8 Å². The summed E-state index contributed by atoms with van der Waals surface area (Å²) in [5.41, 5.74) is 0. The number of nitrogens with one attached hydrogen (secondary N) is 1. The Bertz CT molecular complexity index is 90.6. The second-order valence-electron chi connectivity index (χ2n) is 2.92. The lowest BCUT2D eigenvalue weighted by Crippen LogP contribution is -2.30. The third kappa shape index (κ3) is 6.95. The molecule has 74 valence electrons. The normalized spacial score (nSPS) is 13.2. The lowest BCUT2D eigenvalue weighted by Gasteiger charge is -2.14. The van der Waals surface area contributed by atoms with E-state index in [4.69, 9.17) is 5.11 Å². The first-order chi connectivity index (χ1) is 5.85. The Labute approximate surface area is 80.1 Å². The highest BCUT2D eigenvalue weighted by Gasteiger charge is 2.02. The molecule has 0 heterocycles. The van der Waals surface area contributed by atoms with Crippen LogP contribution < -0.4 is 5.32 Å². The van der Waals surface area contributed by atoms with Crippen molar-refractivity contribution in [2.24, 2.45) is 0 Å². The van der Waals surface area contributed by atoms with E-state index in [2.05, 4.69) is 18.5 Å². The lowest BCUT2D eigenvalue weighted by molar-refractivity contribution is 0.262. The molecule has 0 aliphatic rings.